The van der Waals surface area contributed by atoms with Crippen LogP contribution in [0.25, 0.3) is 0 Å². The van der Waals surface area contributed by atoms with Crippen LogP contribution in [0.4, 0.5) is 0 Å². The monoisotopic (exact) mass is 1280 g/mol. The predicted octanol–water partition coefficient (Wildman–Crippen LogP) is 30.3. The summed E-state index contributed by atoms with van der Waals surface area (Å²) < 4.78 is 0. The average molecular weight is 1280 g/mol. The van der Waals surface area contributed by atoms with Crippen molar-refractivity contribution in [3.63, 3.8) is 0 Å². The lowest BCUT2D eigenvalue weighted by atomic mass is 9.90. The standard InChI is InChI=1S/C22H46S.C18H38S.C14H30S2.C14H30S.C9H20S/c1-5-6-7-8-9-10-11-12-13-14-15-16-17-18-20-23-21-19-22(2,3)4;1-5-6-7-8-9-10-11-12-13-14-16-19-17-15-18(2,3)4;1-6-10-15-12-13(16-11-7-2)8-9-14(3,4)5;1-5-6-7-8-9-10-12-15-13-11-14(2,3)4;1-5-7-10-8-6-9(2,3)4/h5-21H2,1-4H3;5-17H2,1-4H3;13H,6-12H2,1-5H3;5-13H2,1-4H3;5-8H2,1-4H3. The van der Waals surface area contributed by atoms with Gasteiger partial charge in [-0.25, -0.2) is 0 Å². The van der Waals surface area contributed by atoms with Crippen LogP contribution in [0.2, 0.25) is 0 Å². The molecule has 6 heteroatoms. The minimum absolute atomic E-state index is 0.500. The van der Waals surface area contributed by atoms with E-state index >= 15 is 0 Å². The Kier molecular flexibility index (Phi) is 79.1. The van der Waals surface area contributed by atoms with Crippen molar-refractivity contribution in [2.75, 3.05) is 63.3 Å². The van der Waals surface area contributed by atoms with Crippen LogP contribution >= 0.6 is 70.6 Å². The summed E-state index contributed by atoms with van der Waals surface area (Å²) in [6.45, 7) is 48.7. The Morgan fingerprint density at radius 1 is 0.205 bits per heavy atom. The third-order valence-electron chi connectivity index (χ3n) is 14.7. The van der Waals surface area contributed by atoms with E-state index in [0.29, 0.717) is 27.1 Å². The molecule has 0 spiro atoms. The molecule has 0 aliphatic carbocycles. The van der Waals surface area contributed by atoms with Crippen LogP contribution in [0, 0.1) is 27.1 Å². The van der Waals surface area contributed by atoms with Gasteiger partial charge in [-0.2, -0.15) is 70.6 Å². The molecule has 0 heterocycles. The summed E-state index contributed by atoms with van der Waals surface area (Å²) in [5, 5.41) is 0.885. The van der Waals surface area contributed by atoms with Gasteiger partial charge in [0.2, 0.25) is 0 Å². The normalized spacial score (nSPS) is 12.4. The Morgan fingerprint density at radius 2 is 0.422 bits per heavy atom. The van der Waals surface area contributed by atoms with Crippen LogP contribution in [0.3, 0.4) is 0 Å². The molecular weight excluding hydrogens is 1120 g/mol. The highest BCUT2D eigenvalue weighted by Crippen LogP contribution is 2.30. The lowest BCUT2D eigenvalue weighted by molar-refractivity contribution is 0.366. The van der Waals surface area contributed by atoms with Crippen LogP contribution in [-0.2, 0) is 0 Å². The zero-order chi connectivity index (χ0) is 63.7. The van der Waals surface area contributed by atoms with Gasteiger partial charge in [-0.15, -0.1) is 0 Å². The quantitative estimate of drug-likeness (QED) is 0.0553. The molecule has 0 fully saturated rings. The molecule has 0 aliphatic rings. The fourth-order valence-corrected chi connectivity index (χ4v) is 16.4. The number of thioether (sulfide) groups is 6. The number of hydrogen-bond donors (Lipinski definition) is 0. The van der Waals surface area contributed by atoms with Gasteiger partial charge in [0.05, 0.1) is 0 Å². The molecule has 1 atom stereocenters. The lowest BCUT2D eigenvalue weighted by Crippen LogP contribution is -2.13. The zero-order valence-corrected chi connectivity index (χ0v) is 66.8. The SMILES string of the molecule is CCCCCCCCCCCCCCCCSCCC(C)(C)C.CCCCCCCCCCCCSCCC(C)(C)C.CCCCCCCCSCCC(C)(C)C.CCCSCC(CCC(C)(C)C)SCCC.CCCSCCC(C)(C)C. The van der Waals surface area contributed by atoms with Crippen molar-refractivity contribution in [3.05, 3.63) is 0 Å². The van der Waals surface area contributed by atoms with E-state index in [9.17, 15) is 0 Å². The Morgan fingerprint density at radius 3 is 0.651 bits per heavy atom. The Balaban J connectivity index is -0.000000312. The largest absolute Gasteiger partial charge is 0.162 e. The van der Waals surface area contributed by atoms with Crippen LogP contribution in [-0.4, -0.2) is 68.5 Å². The van der Waals surface area contributed by atoms with Gasteiger partial charge in [-0.05, 0) is 162 Å². The first-order valence-electron chi connectivity index (χ1n) is 36.7. The van der Waals surface area contributed by atoms with E-state index in [-0.39, 0.29) is 0 Å². The second-order valence-electron chi connectivity index (χ2n) is 30.9. The van der Waals surface area contributed by atoms with Crippen LogP contribution in [0.15, 0.2) is 0 Å². The molecule has 83 heavy (non-hydrogen) atoms. The maximum Gasteiger partial charge on any atom is 0.0138 e. The van der Waals surface area contributed by atoms with Crippen molar-refractivity contribution in [3.8, 4) is 0 Å². The van der Waals surface area contributed by atoms with E-state index in [2.05, 4.69) is 216 Å². The van der Waals surface area contributed by atoms with E-state index in [4.69, 9.17) is 0 Å². The van der Waals surface area contributed by atoms with Gasteiger partial charge < -0.3 is 0 Å². The molecule has 0 aromatic carbocycles. The molecule has 0 rings (SSSR count). The zero-order valence-electron chi connectivity index (χ0n) is 61.9. The second-order valence-corrected chi connectivity index (χ2v) is 38.4. The molecule has 0 saturated carbocycles. The predicted molar refractivity (Wildman–Crippen MR) is 414 cm³/mol. The van der Waals surface area contributed by atoms with E-state index in [1.54, 1.807) is 0 Å². The first-order valence-corrected chi connectivity index (χ1v) is 43.6. The molecular formula is C77H164S6. The first-order chi connectivity index (χ1) is 39.2. The van der Waals surface area contributed by atoms with Gasteiger partial charge >= 0.3 is 0 Å². The molecule has 0 aromatic rings. The molecule has 0 N–H and O–H groups in total. The molecule has 1 unspecified atom stereocenters. The van der Waals surface area contributed by atoms with Crippen molar-refractivity contribution in [2.24, 2.45) is 27.1 Å². The van der Waals surface area contributed by atoms with Crippen molar-refractivity contribution < 1.29 is 0 Å². The Bertz CT molecular complexity index is 1140. The fourth-order valence-electron chi connectivity index (χ4n) is 8.59. The van der Waals surface area contributed by atoms with Crippen molar-refractivity contribution in [1.82, 2.24) is 0 Å². The molecule has 0 nitrogen and oxygen atoms in total. The first kappa shape index (κ1) is 93.8. The van der Waals surface area contributed by atoms with Gasteiger partial charge in [0.25, 0.3) is 0 Å². The van der Waals surface area contributed by atoms with E-state index in [1.807, 2.05) is 0 Å². The number of unbranched alkanes of at least 4 members (excludes halogenated alkanes) is 27. The van der Waals surface area contributed by atoms with Crippen molar-refractivity contribution in [1.29, 1.82) is 0 Å². The summed E-state index contributed by atoms with van der Waals surface area (Å²) in [6, 6.07) is 0. The maximum absolute atomic E-state index is 2.35. The summed E-state index contributed by atoms with van der Waals surface area (Å²) in [4.78, 5) is 0. The molecule has 0 radical (unpaired) electrons. The van der Waals surface area contributed by atoms with Crippen LogP contribution < -0.4 is 0 Å². The van der Waals surface area contributed by atoms with E-state index < -0.39 is 0 Å². The van der Waals surface area contributed by atoms with E-state index in [1.165, 1.54) is 314 Å². The molecule has 508 valence electrons. The van der Waals surface area contributed by atoms with Gasteiger partial charge in [0.1, 0.15) is 0 Å². The third-order valence-corrected chi connectivity index (χ3v) is 22.2. The highest BCUT2D eigenvalue weighted by atomic mass is 32.2. The highest BCUT2D eigenvalue weighted by molar-refractivity contribution is 8.03. The Labute approximate surface area is 557 Å². The number of rotatable bonds is 52. The topological polar surface area (TPSA) is 0 Å². The summed E-state index contributed by atoms with van der Waals surface area (Å²) in [7, 11) is 0. The van der Waals surface area contributed by atoms with Crippen LogP contribution in [0.1, 0.15) is 396 Å². The average Bonchev–Trinajstić information content (AvgIpc) is 3.39. The van der Waals surface area contributed by atoms with E-state index in [0.717, 1.165) is 5.25 Å². The summed E-state index contributed by atoms with van der Waals surface area (Å²) in [5.41, 5.74) is 2.59. The lowest BCUT2D eigenvalue weighted by Gasteiger charge is -2.22. The van der Waals surface area contributed by atoms with Crippen molar-refractivity contribution in [2.45, 2.75) is 401 Å². The number of hydrogen-bond acceptors (Lipinski definition) is 6. The third kappa shape index (κ3) is 109. The van der Waals surface area contributed by atoms with Crippen LogP contribution in [0.5, 0.6) is 0 Å². The molecule has 0 aliphatic heterocycles. The smallest absolute Gasteiger partial charge is 0.0138 e. The molecule has 0 saturated heterocycles. The van der Waals surface area contributed by atoms with Gasteiger partial charge in [0.15, 0.2) is 0 Å². The summed E-state index contributed by atoms with van der Waals surface area (Å²) >= 11 is 12.9. The molecule has 0 aromatic heterocycles. The minimum Gasteiger partial charge on any atom is -0.162 e. The van der Waals surface area contributed by atoms with Gasteiger partial charge in [-0.1, -0.05) is 319 Å². The van der Waals surface area contributed by atoms with Gasteiger partial charge in [0, 0.05) is 11.0 Å². The maximum atomic E-state index is 2.35. The summed E-state index contributed by atoms with van der Waals surface area (Å²) in [5.74, 6) is 14.9. The van der Waals surface area contributed by atoms with Gasteiger partial charge in [-0.3, -0.25) is 0 Å². The second kappa shape index (κ2) is 70.0. The molecule has 0 amide bonds. The summed E-state index contributed by atoms with van der Waals surface area (Å²) in [6.07, 6.45) is 55.7. The highest BCUT2D eigenvalue weighted by Gasteiger charge is 2.16. The fraction of sp³-hybridized carbons (Fsp3) is 1.00. The molecule has 0 bridgehead atoms. The minimum atomic E-state index is 0.500. The Hall–Kier alpha value is 2.10. The van der Waals surface area contributed by atoms with Crippen molar-refractivity contribution >= 4 is 70.6 Å².